The van der Waals surface area contributed by atoms with Crippen molar-refractivity contribution in [3.63, 3.8) is 0 Å². The van der Waals surface area contributed by atoms with Crippen molar-refractivity contribution in [2.24, 2.45) is 5.73 Å². The zero-order valence-corrected chi connectivity index (χ0v) is 8.06. The first kappa shape index (κ1) is 10.6. The van der Waals surface area contributed by atoms with Gasteiger partial charge in [0.2, 0.25) is 0 Å². The first-order valence-electron chi connectivity index (χ1n) is 3.57. The third kappa shape index (κ3) is 8.62. The van der Waals surface area contributed by atoms with Crippen molar-refractivity contribution in [3.8, 4) is 0 Å². The molecule has 0 radical (unpaired) electrons. The minimum Gasteiger partial charge on any atom is -0.330 e. The highest BCUT2D eigenvalue weighted by atomic mass is 33.1. The van der Waals surface area contributed by atoms with Crippen LogP contribution in [0.15, 0.2) is 0 Å². The molecular weight excluding hydrogens is 164 g/mol. The molecule has 0 aromatic carbocycles. The Bertz CT molecular complexity index is 53.7. The van der Waals surface area contributed by atoms with Crippen molar-refractivity contribution in [2.45, 2.75) is 6.92 Å². The third-order valence-corrected chi connectivity index (χ3v) is 3.34. The number of hydrogen-bond donors (Lipinski definition) is 2. The van der Waals surface area contributed by atoms with Crippen molar-refractivity contribution in [3.05, 3.63) is 0 Å². The lowest BCUT2D eigenvalue weighted by Crippen LogP contribution is -2.15. The minimum absolute atomic E-state index is 0.791. The monoisotopic (exact) mass is 180 g/mol. The summed E-state index contributed by atoms with van der Waals surface area (Å²) >= 11 is 0. The Morgan fingerprint density at radius 2 is 2.00 bits per heavy atom. The van der Waals surface area contributed by atoms with Gasteiger partial charge in [-0.25, -0.2) is 0 Å². The summed E-state index contributed by atoms with van der Waals surface area (Å²) in [4.78, 5) is 0. The third-order valence-electron chi connectivity index (χ3n) is 0.897. The van der Waals surface area contributed by atoms with Gasteiger partial charge in [-0.1, -0.05) is 28.5 Å². The van der Waals surface area contributed by atoms with E-state index in [0.717, 1.165) is 25.4 Å². The molecule has 0 saturated carbocycles. The minimum atomic E-state index is 0.791. The Hall–Kier alpha value is 0.620. The first-order valence-corrected chi connectivity index (χ1v) is 6.05. The van der Waals surface area contributed by atoms with Crippen molar-refractivity contribution in [1.82, 2.24) is 5.32 Å². The summed E-state index contributed by atoms with van der Waals surface area (Å²) < 4.78 is 0. The van der Waals surface area contributed by atoms with Gasteiger partial charge in [0.15, 0.2) is 0 Å². The van der Waals surface area contributed by atoms with E-state index in [1.807, 2.05) is 21.6 Å². The van der Waals surface area contributed by atoms with Gasteiger partial charge in [0.25, 0.3) is 0 Å². The standard InChI is InChI=1S/C6H16N2S2/c1-2-8-4-6-10-9-5-3-7/h8H,2-7H2,1H3. The van der Waals surface area contributed by atoms with Gasteiger partial charge in [-0.2, -0.15) is 0 Å². The van der Waals surface area contributed by atoms with Gasteiger partial charge in [0, 0.05) is 24.6 Å². The fourth-order valence-corrected chi connectivity index (χ4v) is 2.26. The molecule has 0 fully saturated rings. The predicted molar refractivity (Wildman–Crippen MR) is 52.5 cm³/mol. The summed E-state index contributed by atoms with van der Waals surface area (Å²) in [5.74, 6) is 2.25. The maximum atomic E-state index is 5.32. The normalized spacial score (nSPS) is 10.2. The largest absolute Gasteiger partial charge is 0.330 e. The summed E-state index contributed by atoms with van der Waals surface area (Å²) in [6.07, 6.45) is 0. The molecule has 2 nitrogen and oxygen atoms in total. The van der Waals surface area contributed by atoms with E-state index in [0.29, 0.717) is 0 Å². The van der Waals surface area contributed by atoms with Crippen LogP contribution in [-0.2, 0) is 0 Å². The Morgan fingerprint density at radius 1 is 1.30 bits per heavy atom. The van der Waals surface area contributed by atoms with Gasteiger partial charge in [0.05, 0.1) is 0 Å². The molecule has 0 aromatic heterocycles. The Kier molecular flexibility index (Phi) is 10.2. The van der Waals surface area contributed by atoms with Crippen molar-refractivity contribution < 1.29 is 0 Å². The molecule has 0 rings (SSSR count). The zero-order chi connectivity index (χ0) is 7.66. The Balaban J connectivity index is 2.65. The molecule has 0 aliphatic rings. The van der Waals surface area contributed by atoms with Crippen LogP contribution >= 0.6 is 21.6 Å². The summed E-state index contributed by atoms with van der Waals surface area (Å²) in [6, 6.07) is 0. The Labute approximate surface area is 71.1 Å². The van der Waals surface area contributed by atoms with Crippen molar-refractivity contribution >= 4 is 21.6 Å². The molecule has 0 spiro atoms. The second-order valence-corrected chi connectivity index (χ2v) is 4.49. The van der Waals surface area contributed by atoms with E-state index in [2.05, 4.69) is 12.2 Å². The van der Waals surface area contributed by atoms with E-state index in [-0.39, 0.29) is 0 Å². The molecule has 0 heterocycles. The average Bonchev–Trinajstić information content (AvgIpc) is 1.97. The summed E-state index contributed by atoms with van der Waals surface area (Å²) in [7, 11) is 3.75. The van der Waals surface area contributed by atoms with Crippen LogP contribution < -0.4 is 11.1 Å². The number of nitrogens with two attached hydrogens (primary N) is 1. The van der Waals surface area contributed by atoms with E-state index in [1.54, 1.807) is 0 Å². The first-order chi connectivity index (χ1) is 4.91. The summed E-state index contributed by atoms with van der Waals surface area (Å²) in [5, 5.41) is 3.26. The number of hydrogen-bond acceptors (Lipinski definition) is 4. The summed E-state index contributed by atoms with van der Waals surface area (Å²) in [6.45, 7) is 5.09. The van der Waals surface area contributed by atoms with E-state index < -0.39 is 0 Å². The predicted octanol–water partition coefficient (Wildman–Crippen LogP) is 0.936. The molecule has 0 bridgehead atoms. The molecule has 0 aliphatic heterocycles. The molecule has 3 N–H and O–H groups in total. The molecular formula is C6H16N2S2. The van der Waals surface area contributed by atoms with Gasteiger partial charge in [-0.15, -0.1) is 0 Å². The highest BCUT2D eigenvalue weighted by molar-refractivity contribution is 8.76. The van der Waals surface area contributed by atoms with Crippen LogP contribution in [0.25, 0.3) is 0 Å². The molecule has 4 heteroatoms. The van der Waals surface area contributed by atoms with Crippen LogP contribution in [-0.4, -0.2) is 31.1 Å². The molecule has 0 unspecified atom stereocenters. The lowest BCUT2D eigenvalue weighted by molar-refractivity contribution is 0.769. The number of nitrogens with one attached hydrogen (secondary N) is 1. The van der Waals surface area contributed by atoms with Crippen molar-refractivity contribution in [2.75, 3.05) is 31.1 Å². The van der Waals surface area contributed by atoms with E-state index in [4.69, 9.17) is 5.73 Å². The quantitative estimate of drug-likeness (QED) is 0.452. The van der Waals surface area contributed by atoms with Gasteiger partial charge in [-0.05, 0) is 6.54 Å². The molecule has 0 amide bonds. The van der Waals surface area contributed by atoms with Gasteiger partial charge < -0.3 is 11.1 Å². The summed E-state index contributed by atoms with van der Waals surface area (Å²) in [5.41, 5.74) is 5.32. The van der Waals surface area contributed by atoms with Crippen LogP contribution in [0.5, 0.6) is 0 Å². The molecule has 0 saturated heterocycles. The molecule has 0 aliphatic carbocycles. The van der Waals surface area contributed by atoms with E-state index in [9.17, 15) is 0 Å². The van der Waals surface area contributed by atoms with Crippen LogP contribution in [0.4, 0.5) is 0 Å². The van der Waals surface area contributed by atoms with Gasteiger partial charge in [0.1, 0.15) is 0 Å². The van der Waals surface area contributed by atoms with Gasteiger partial charge in [-0.3, -0.25) is 0 Å². The second kappa shape index (κ2) is 9.62. The Morgan fingerprint density at radius 3 is 2.60 bits per heavy atom. The lowest BCUT2D eigenvalue weighted by Gasteiger charge is -1.99. The maximum absolute atomic E-state index is 5.32. The van der Waals surface area contributed by atoms with Crippen LogP contribution in [0.2, 0.25) is 0 Å². The average molecular weight is 180 g/mol. The zero-order valence-electron chi connectivity index (χ0n) is 6.43. The van der Waals surface area contributed by atoms with Crippen LogP contribution in [0, 0.1) is 0 Å². The fourth-order valence-electron chi connectivity index (χ4n) is 0.457. The smallest absolute Gasteiger partial charge is 0.0162 e. The van der Waals surface area contributed by atoms with Crippen LogP contribution in [0.1, 0.15) is 6.92 Å². The van der Waals surface area contributed by atoms with Crippen molar-refractivity contribution in [1.29, 1.82) is 0 Å². The molecule has 0 aromatic rings. The maximum Gasteiger partial charge on any atom is 0.0162 e. The molecule has 10 heavy (non-hydrogen) atoms. The highest BCUT2D eigenvalue weighted by Gasteiger charge is 1.87. The highest BCUT2D eigenvalue weighted by Crippen LogP contribution is 2.18. The number of rotatable bonds is 7. The molecule has 0 atom stereocenters. The SMILES string of the molecule is CCNCCSSCCN. The molecule has 62 valence electrons. The van der Waals surface area contributed by atoms with Crippen LogP contribution in [0.3, 0.4) is 0 Å². The second-order valence-electron chi connectivity index (χ2n) is 1.79. The van der Waals surface area contributed by atoms with E-state index >= 15 is 0 Å². The lowest BCUT2D eigenvalue weighted by atomic mass is 10.7. The van der Waals surface area contributed by atoms with E-state index in [1.165, 1.54) is 5.75 Å². The fraction of sp³-hybridized carbons (Fsp3) is 1.00. The topological polar surface area (TPSA) is 38.0 Å². The van der Waals surface area contributed by atoms with Gasteiger partial charge >= 0.3 is 0 Å².